The lowest BCUT2D eigenvalue weighted by molar-refractivity contribution is -0.387. The molecule has 0 spiro atoms. The van der Waals surface area contributed by atoms with Crippen molar-refractivity contribution in [3.8, 4) is 0 Å². The van der Waals surface area contributed by atoms with Crippen molar-refractivity contribution in [2.24, 2.45) is 5.92 Å². The van der Waals surface area contributed by atoms with E-state index in [2.05, 4.69) is 5.32 Å². The standard InChI is InChI=1S/C15H20ClN3O4S.ClH/c16-12-3-4-14(19(20)21)15(9-12)24(22,23)18-7-5-13(6-8-18)17-10-11-1-2-11;/h3-4,9,11,13,17H,1-2,5-8,10H2;1H. The number of benzene rings is 1. The van der Waals surface area contributed by atoms with Crippen LogP contribution in [0.25, 0.3) is 0 Å². The van der Waals surface area contributed by atoms with Gasteiger partial charge in [-0.25, -0.2) is 8.42 Å². The molecule has 0 radical (unpaired) electrons. The summed E-state index contributed by atoms with van der Waals surface area (Å²) in [5.74, 6) is 0.779. The molecule has 0 amide bonds. The molecule has 0 aromatic heterocycles. The van der Waals surface area contributed by atoms with E-state index in [9.17, 15) is 18.5 Å². The number of nitro benzene ring substituents is 1. The van der Waals surface area contributed by atoms with Gasteiger partial charge >= 0.3 is 0 Å². The Balaban J connectivity index is 0.00000225. The van der Waals surface area contributed by atoms with Gasteiger partial charge in [-0.2, -0.15) is 4.31 Å². The number of nitrogens with zero attached hydrogens (tertiary/aromatic N) is 2. The number of sulfonamides is 1. The van der Waals surface area contributed by atoms with Crippen LogP contribution in [0.2, 0.25) is 5.02 Å². The Kier molecular flexibility index (Phi) is 6.67. The van der Waals surface area contributed by atoms with Crippen LogP contribution in [0.5, 0.6) is 0 Å². The van der Waals surface area contributed by atoms with Crippen molar-refractivity contribution in [3.63, 3.8) is 0 Å². The Hall–Kier alpha value is -0.930. The van der Waals surface area contributed by atoms with E-state index in [0.29, 0.717) is 32.0 Å². The summed E-state index contributed by atoms with van der Waals surface area (Å²) in [4.78, 5) is 10.1. The van der Waals surface area contributed by atoms with E-state index in [1.165, 1.54) is 23.2 Å². The quantitative estimate of drug-likeness (QED) is 0.575. The molecule has 1 N–H and O–H groups in total. The van der Waals surface area contributed by atoms with Crippen LogP contribution in [-0.4, -0.2) is 43.3 Å². The molecule has 3 rings (SSSR count). The van der Waals surface area contributed by atoms with Gasteiger partial charge in [-0.15, -0.1) is 12.4 Å². The first-order valence-corrected chi connectivity index (χ1v) is 9.87. The number of piperidine rings is 1. The second kappa shape index (κ2) is 8.18. The van der Waals surface area contributed by atoms with E-state index in [0.717, 1.165) is 24.6 Å². The van der Waals surface area contributed by atoms with Crippen molar-refractivity contribution < 1.29 is 13.3 Å². The molecule has 140 valence electrons. The highest BCUT2D eigenvalue weighted by Gasteiger charge is 2.34. The molecule has 1 heterocycles. The third kappa shape index (κ3) is 4.83. The first-order chi connectivity index (χ1) is 11.4. The van der Waals surface area contributed by atoms with E-state index in [4.69, 9.17) is 11.6 Å². The monoisotopic (exact) mass is 409 g/mol. The third-order valence-electron chi connectivity index (χ3n) is 4.58. The molecule has 0 atom stereocenters. The summed E-state index contributed by atoms with van der Waals surface area (Å²) in [5.41, 5.74) is -0.437. The highest BCUT2D eigenvalue weighted by molar-refractivity contribution is 7.89. The maximum Gasteiger partial charge on any atom is 0.289 e. The summed E-state index contributed by atoms with van der Waals surface area (Å²) in [7, 11) is -3.92. The van der Waals surface area contributed by atoms with E-state index in [-0.39, 0.29) is 22.3 Å². The number of hydrogen-bond acceptors (Lipinski definition) is 5. The maximum atomic E-state index is 12.8. The Morgan fingerprint density at radius 3 is 2.44 bits per heavy atom. The molecular formula is C15H21Cl2N3O4S. The average Bonchev–Trinajstić information content (AvgIpc) is 3.37. The van der Waals surface area contributed by atoms with Crippen molar-refractivity contribution in [1.82, 2.24) is 9.62 Å². The topological polar surface area (TPSA) is 92.5 Å². The molecule has 1 aliphatic carbocycles. The van der Waals surface area contributed by atoms with Gasteiger partial charge in [-0.3, -0.25) is 10.1 Å². The van der Waals surface area contributed by atoms with Crippen LogP contribution in [0.4, 0.5) is 5.69 Å². The summed E-state index contributed by atoms with van der Waals surface area (Å²) < 4.78 is 26.9. The fourth-order valence-electron chi connectivity index (χ4n) is 2.94. The van der Waals surface area contributed by atoms with Gasteiger partial charge in [-0.1, -0.05) is 11.6 Å². The predicted octanol–water partition coefficient (Wildman–Crippen LogP) is 2.82. The molecule has 1 saturated heterocycles. The lowest BCUT2D eigenvalue weighted by Gasteiger charge is -2.31. The van der Waals surface area contributed by atoms with Gasteiger partial charge in [0.05, 0.1) is 4.92 Å². The molecular weight excluding hydrogens is 389 g/mol. The van der Waals surface area contributed by atoms with E-state index in [1.54, 1.807) is 0 Å². The van der Waals surface area contributed by atoms with Gasteiger partial charge in [0.25, 0.3) is 5.69 Å². The second-order valence-corrected chi connectivity index (χ2v) is 8.74. The molecule has 2 fully saturated rings. The number of halogens is 2. The largest absolute Gasteiger partial charge is 0.314 e. The van der Waals surface area contributed by atoms with E-state index < -0.39 is 20.6 Å². The SMILES string of the molecule is Cl.O=[N+]([O-])c1ccc(Cl)cc1S(=O)(=O)N1CCC(NCC2CC2)CC1. The molecule has 1 saturated carbocycles. The summed E-state index contributed by atoms with van der Waals surface area (Å²) in [6, 6.07) is 3.93. The number of rotatable bonds is 6. The predicted molar refractivity (Wildman–Crippen MR) is 97.9 cm³/mol. The minimum absolute atomic E-state index is 0. The Morgan fingerprint density at radius 1 is 1.24 bits per heavy atom. The molecule has 10 heteroatoms. The van der Waals surface area contributed by atoms with Crippen LogP contribution < -0.4 is 5.32 Å². The molecule has 1 aromatic rings. The third-order valence-corrected chi connectivity index (χ3v) is 6.75. The Bertz CT molecular complexity index is 732. The average molecular weight is 410 g/mol. The van der Waals surface area contributed by atoms with Gasteiger partial charge in [0.15, 0.2) is 4.90 Å². The Morgan fingerprint density at radius 2 is 1.88 bits per heavy atom. The van der Waals surface area contributed by atoms with E-state index >= 15 is 0 Å². The minimum Gasteiger partial charge on any atom is -0.314 e. The number of nitrogens with one attached hydrogen (secondary N) is 1. The van der Waals surface area contributed by atoms with Crippen LogP contribution in [0.15, 0.2) is 23.1 Å². The smallest absolute Gasteiger partial charge is 0.289 e. The molecule has 1 aliphatic heterocycles. The van der Waals surface area contributed by atoms with Gasteiger partial charge in [0, 0.05) is 30.2 Å². The van der Waals surface area contributed by atoms with Crippen molar-refractivity contribution in [2.45, 2.75) is 36.6 Å². The Labute approximate surface area is 158 Å². The van der Waals surface area contributed by atoms with Gasteiger partial charge in [0.2, 0.25) is 10.0 Å². The summed E-state index contributed by atoms with van der Waals surface area (Å²) in [5, 5.41) is 14.8. The number of hydrogen-bond donors (Lipinski definition) is 1. The van der Waals surface area contributed by atoms with Crippen LogP contribution >= 0.6 is 24.0 Å². The maximum absolute atomic E-state index is 12.8. The van der Waals surface area contributed by atoms with Crippen LogP contribution in [0.1, 0.15) is 25.7 Å². The van der Waals surface area contributed by atoms with E-state index in [1.807, 2.05) is 0 Å². The first-order valence-electron chi connectivity index (χ1n) is 8.05. The number of nitro groups is 1. The summed E-state index contributed by atoms with van der Waals surface area (Å²) in [6.07, 6.45) is 3.97. The van der Waals surface area contributed by atoms with Crippen molar-refractivity contribution in [3.05, 3.63) is 33.3 Å². The fourth-order valence-corrected chi connectivity index (χ4v) is 4.83. The van der Waals surface area contributed by atoms with Crippen molar-refractivity contribution >= 4 is 39.7 Å². The summed E-state index contributed by atoms with van der Waals surface area (Å²) in [6.45, 7) is 1.71. The van der Waals surface area contributed by atoms with Crippen LogP contribution in [0, 0.1) is 16.0 Å². The highest BCUT2D eigenvalue weighted by atomic mass is 35.5. The van der Waals surface area contributed by atoms with Crippen LogP contribution in [-0.2, 0) is 10.0 Å². The van der Waals surface area contributed by atoms with Crippen LogP contribution in [0.3, 0.4) is 0 Å². The zero-order chi connectivity index (χ0) is 17.3. The lowest BCUT2D eigenvalue weighted by atomic mass is 10.1. The zero-order valence-electron chi connectivity index (χ0n) is 13.6. The molecule has 25 heavy (non-hydrogen) atoms. The molecule has 1 aromatic carbocycles. The highest BCUT2D eigenvalue weighted by Crippen LogP contribution is 2.31. The molecule has 0 unspecified atom stereocenters. The van der Waals surface area contributed by atoms with Gasteiger partial charge < -0.3 is 5.32 Å². The molecule has 2 aliphatic rings. The first kappa shape index (κ1) is 20.4. The fraction of sp³-hybridized carbons (Fsp3) is 0.600. The zero-order valence-corrected chi connectivity index (χ0v) is 15.9. The van der Waals surface area contributed by atoms with Crippen molar-refractivity contribution in [1.29, 1.82) is 0 Å². The normalized spacial score (nSPS) is 19.4. The van der Waals surface area contributed by atoms with Gasteiger partial charge in [0.1, 0.15) is 0 Å². The van der Waals surface area contributed by atoms with Gasteiger partial charge in [-0.05, 0) is 50.3 Å². The van der Waals surface area contributed by atoms with Crippen molar-refractivity contribution in [2.75, 3.05) is 19.6 Å². The summed E-state index contributed by atoms with van der Waals surface area (Å²) >= 11 is 5.85. The second-order valence-electron chi connectivity index (χ2n) is 6.40. The molecule has 7 nitrogen and oxygen atoms in total. The minimum atomic E-state index is -3.92. The molecule has 0 bridgehead atoms. The lowest BCUT2D eigenvalue weighted by Crippen LogP contribution is -2.45.